The number of likely N-dealkylation sites (N-methyl/N-ethyl adjacent to an activating group) is 1. The van der Waals surface area contributed by atoms with Gasteiger partial charge in [0.05, 0.1) is 24.8 Å². The lowest BCUT2D eigenvalue weighted by Gasteiger charge is -2.11. The van der Waals surface area contributed by atoms with Crippen molar-refractivity contribution in [1.82, 2.24) is 20.0 Å². The van der Waals surface area contributed by atoms with Crippen LogP contribution in [-0.2, 0) is 16.1 Å². The standard InChI is InChI=1S/C15H20N4O2/c1-11-4-5-12-9-17-19(13(12)8-11)7-6-14(20)16-10-15(21)18(2)3/h4-5,8-9H,6-7,10H2,1-3H3,(H,16,20). The van der Waals surface area contributed by atoms with Gasteiger partial charge in [0.1, 0.15) is 0 Å². The number of amides is 2. The highest BCUT2D eigenvalue weighted by Gasteiger charge is 2.09. The number of hydrogen-bond donors (Lipinski definition) is 1. The fourth-order valence-electron chi connectivity index (χ4n) is 1.99. The van der Waals surface area contributed by atoms with E-state index < -0.39 is 0 Å². The number of nitrogens with one attached hydrogen (secondary N) is 1. The van der Waals surface area contributed by atoms with Crippen molar-refractivity contribution in [3.8, 4) is 0 Å². The van der Waals surface area contributed by atoms with Crippen LogP contribution < -0.4 is 5.32 Å². The van der Waals surface area contributed by atoms with Crippen molar-refractivity contribution in [2.45, 2.75) is 19.9 Å². The first-order valence-electron chi connectivity index (χ1n) is 6.86. The number of fused-ring (bicyclic) bond motifs is 1. The summed E-state index contributed by atoms with van der Waals surface area (Å²) in [6.07, 6.45) is 2.09. The Morgan fingerprint density at radius 2 is 2.10 bits per heavy atom. The maximum absolute atomic E-state index is 11.7. The first-order valence-corrected chi connectivity index (χ1v) is 6.86. The van der Waals surface area contributed by atoms with Crippen LogP contribution in [0.4, 0.5) is 0 Å². The van der Waals surface area contributed by atoms with Gasteiger partial charge in [-0.05, 0) is 18.6 Å². The molecule has 0 spiro atoms. The topological polar surface area (TPSA) is 67.2 Å². The molecule has 2 aromatic rings. The minimum atomic E-state index is -0.151. The van der Waals surface area contributed by atoms with Crippen molar-refractivity contribution in [3.63, 3.8) is 0 Å². The van der Waals surface area contributed by atoms with E-state index in [1.54, 1.807) is 20.3 Å². The van der Waals surface area contributed by atoms with Crippen LogP contribution in [0.3, 0.4) is 0 Å². The molecule has 1 aromatic heterocycles. The average molecular weight is 288 g/mol. The fraction of sp³-hybridized carbons (Fsp3) is 0.400. The van der Waals surface area contributed by atoms with Crippen LogP contribution >= 0.6 is 0 Å². The number of benzene rings is 1. The molecule has 1 heterocycles. The van der Waals surface area contributed by atoms with E-state index in [1.165, 1.54) is 4.90 Å². The van der Waals surface area contributed by atoms with Gasteiger partial charge in [-0.2, -0.15) is 5.10 Å². The summed E-state index contributed by atoms with van der Waals surface area (Å²) in [6.45, 7) is 2.55. The van der Waals surface area contributed by atoms with Crippen LogP contribution in [0.2, 0.25) is 0 Å². The Labute approximate surface area is 123 Å². The van der Waals surface area contributed by atoms with Crippen molar-refractivity contribution in [1.29, 1.82) is 0 Å². The first kappa shape index (κ1) is 15.0. The van der Waals surface area contributed by atoms with E-state index in [-0.39, 0.29) is 18.4 Å². The van der Waals surface area contributed by atoms with E-state index in [4.69, 9.17) is 0 Å². The summed E-state index contributed by atoms with van der Waals surface area (Å²) < 4.78 is 1.82. The third-order valence-electron chi connectivity index (χ3n) is 3.29. The summed E-state index contributed by atoms with van der Waals surface area (Å²) in [4.78, 5) is 24.6. The van der Waals surface area contributed by atoms with Gasteiger partial charge in [-0.25, -0.2) is 0 Å². The molecular formula is C15H20N4O2. The third-order valence-corrected chi connectivity index (χ3v) is 3.29. The molecule has 2 amide bonds. The molecule has 0 unspecified atom stereocenters. The maximum atomic E-state index is 11.7. The van der Waals surface area contributed by atoms with Gasteiger partial charge in [0.25, 0.3) is 0 Å². The third kappa shape index (κ3) is 3.81. The summed E-state index contributed by atoms with van der Waals surface area (Å²) in [5.41, 5.74) is 2.18. The number of carbonyl (C=O) groups is 2. The number of nitrogens with zero attached hydrogens (tertiary/aromatic N) is 3. The predicted octanol–water partition coefficient (Wildman–Crippen LogP) is 0.939. The number of aromatic nitrogens is 2. The predicted molar refractivity (Wildman–Crippen MR) is 80.8 cm³/mol. The van der Waals surface area contributed by atoms with Crippen LogP contribution in [0, 0.1) is 6.92 Å². The molecule has 1 N–H and O–H groups in total. The van der Waals surface area contributed by atoms with E-state index in [0.717, 1.165) is 16.5 Å². The van der Waals surface area contributed by atoms with Crippen LogP contribution in [0.5, 0.6) is 0 Å². The van der Waals surface area contributed by atoms with Crippen molar-refractivity contribution < 1.29 is 9.59 Å². The lowest BCUT2D eigenvalue weighted by Crippen LogP contribution is -2.36. The van der Waals surface area contributed by atoms with Gasteiger partial charge in [-0.15, -0.1) is 0 Å². The second-order valence-corrected chi connectivity index (χ2v) is 5.24. The Balaban J connectivity index is 1.91. The van der Waals surface area contributed by atoms with Gasteiger partial charge >= 0.3 is 0 Å². The number of carbonyl (C=O) groups excluding carboxylic acids is 2. The van der Waals surface area contributed by atoms with Crippen LogP contribution in [-0.4, -0.2) is 47.1 Å². The number of rotatable bonds is 5. The molecule has 0 radical (unpaired) electrons. The van der Waals surface area contributed by atoms with Crippen molar-refractivity contribution in [2.75, 3.05) is 20.6 Å². The Bertz CT molecular complexity index is 661. The van der Waals surface area contributed by atoms with E-state index in [9.17, 15) is 9.59 Å². The molecule has 1 aromatic carbocycles. The Hall–Kier alpha value is -2.37. The molecule has 0 aliphatic rings. The summed E-state index contributed by atoms with van der Waals surface area (Å²) in [7, 11) is 3.32. The fourth-order valence-corrected chi connectivity index (χ4v) is 1.99. The van der Waals surface area contributed by atoms with Gasteiger partial charge in [0, 0.05) is 25.9 Å². The summed E-state index contributed by atoms with van der Waals surface area (Å²) >= 11 is 0. The number of aryl methyl sites for hydroxylation is 2. The van der Waals surface area contributed by atoms with Crippen molar-refractivity contribution in [2.24, 2.45) is 0 Å². The Morgan fingerprint density at radius 1 is 1.33 bits per heavy atom. The minimum absolute atomic E-state index is 0.0325. The highest BCUT2D eigenvalue weighted by atomic mass is 16.2. The van der Waals surface area contributed by atoms with E-state index >= 15 is 0 Å². The SMILES string of the molecule is Cc1ccc2cnn(CCC(=O)NCC(=O)N(C)C)c2c1. The van der Waals surface area contributed by atoms with Gasteiger partial charge in [0.2, 0.25) is 11.8 Å². The van der Waals surface area contributed by atoms with Gasteiger partial charge < -0.3 is 10.2 Å². The maximum Gasteiger partial charge on any atom is 0.241 e. The highest BCUT2D eigenvalue weighted by molar-refractivity contribution is 5.84. The monoisotopic (exact) mass is 288 g/mol. The molecule has 6 nitrogen and oxygen atoms in total. The second-order valence-electron chi connectivity index (χ2n) is 5.24. The van der Waals surface area contributed by atoms with Crippen molar-refractivity contribution >= 4 is 22.7 Å². The molecule has 0 saturated heterocycles. The van der Waals surface area contributed by atoms with Gasteiger partial charge in [-0.3, -0.25) is 14.3 Å². The summed E-state index contributed by atoms with van der Waals surface area (Å²) in [6, 6.07) is 6.10. The molecule has 0 aliphatic heterocycles. The lowest BCUT2D eigenvalue weighted by atomic mass is 10.2. The zero-order valence-corrected chi connectivity index (χ0v) is 12.6. The molecule has 112 valence electrons. The Morgan fingerprint density at radius 3 is 2.81 bits per heavy atom. The number of hydrogen-bond acceptors (Lipinski definition) is 3. The highest BCUT2D eigenvalue weighted by Crippen LogP contribution is 2.15. The molecule has 6 heteroatoms. The molecular weight excluding hydrogens is 268 g/mol. The van der Waals surface area contributed by atoms with Gasteiger partial charge in [0.15, 0.2) is 0 Å². The quantitative estimate of drug-likeness (QED) is 0.890. The van der Waals surface area contributed by atoms with Crippen molar-refractivity contribution in [3.05, 3.63) is 30.0 Å². The minimum Gasteiger partial charge on any atom is -0.347 e. The average Bonchev–Trinajstić information content (AvgIpc) is 2.84. The molecule has 21 heavy (non-hydrogen) atoms. The molecule has 2 rings (SSSR count). The van der Waals surface area contributed by atoms with Crippen LogP contribution in [0.1, 0.15) is 12.0 Å². The van der Waals surface area contributed by atoms with Crippen LogP contribution in [0.25, 0.3) is 10.9 Å². The molecule has 0 aliphatic carbocycles. The Kier molecular flexibility index (Phi) is 4.57. The van der Waals surface area contributed by atoms with E-state index in [1.807, 2.05) is 23.7 Å². The van der Waals surface area contributed by atoms with E-state index in [2.05, 4.69) is 16.5 Å². The van der Waals surface area contributed by atoms with Crippen LogP contribution in [0.15, 0.2) is 24.4 Å². The second kappa shape index (κ2) is 6.39. The first-order chi connectivity index (χ1) is 9.97. The van der Waals surface area contributed by atoms with Gasteiger partial charge in [-0.1, -0.05) is 12.1 Å². The normalized spacial score (nSPS) is 10.6. The zero-order chi connectivity index (χ0) is 15.4. The largest absolute Gasteiger partial charge is 0.347 e. The summed E-state index contributed by atoms with van der Waals surface area (Å²) in [5.74, 6) is -0.273. The smallest absolute Gasteiger partial charge is 0.241 e. The molecule has 0 bridgehead atoms. The summed E-state index contributed by atoms with van der Waals surface area (Å²) in [5, 5.41) is 7.97. The zero-order valence-electron chi connectivity index (χ0n) is 12.6. The molecule has 0 atom stereocenters. The van der Waals surface area contributed by atoms with E-state index in [0.29, 0.717) is 13.0 Å². The molecule has 0 fully saturated rings. The molecule has 0 saturated carbocycles. The lowest BCUT2D eigenvalue weighted by molar-refractivity contribution is -0.130.